The van der Waals surface area contributed by atoms with Gasteiger partial charge >= 0.3 is 5.97 Å². The van der Waals surface area contributed by atoms with E-state index < -0.39 is 18.0 Å². The van der Waals surface area contributed by atoms with Crippen molar-refractivity contribution in [1.82, 2.24) is 9.55 Å². The summed E-state index contributed by atoms with van der Waals surface area (Å²) in [6.45, 7) is 5.73. The van der Waals surface area contributed by atoms with Crippen LogP contribution < -0.4 is 5.32 Å². The molecule has 1 N–H and O–H groups in total. The Kier molecular flexibility index (Phi) is 5.84. The summed E-state index contributed by atoms with van der Waals surface area (Å²) in [6.07, 6.45) is 2.12. The van der Waals surface area contributed by atoms with Crippen LogP contribution in [0.3, 0.4) is 0 Å². The number of nitrogens with one attached hydrogen (secondary N) is 1. The predicted octanol–water partition coefficient (Wildman–Crippen LogP) is 3.98. The normalized spacial score (nSPS) is 11.9. The lowest BCUT2D eigenvalue weighted by atomic mass is 10.2. The molecule has 0 aliphatic rings. The number of aryl methyl sites for hydroxylation is 1. The number of anilines is 1. The summed E-state index contributed by atoms with van der Waals surface area (Å²) in [5.74, 6) is -0.283. The maximum absolute atomic E-state index is 12.6. The predicted molar refractivity (Wildman–Crippen MR) is 104 cm³/mol. The number of pyridine rings is 1. The number of rotatable bonds is 6. The molecule has 3 aromatic rings. The Morgan fingerprint density at radius 2 is 2.11 bits per heavy atom. The second-order valence-electron chi connectivity index (χ2n) is 6.33. The molecule has 7 nitrogen and oxygen atoms in total. The molecule has 0 spiro atoms. The Morgan fingerprint density at radius 3 is 2.79 bits per heavy atom. The van der Waals surface area contributed by atoms with Crippen molar-refractivity contribution in [3.63, 3.8) is 0 Å². The Labute approximate surface area is 167 Å². The van der Waals surface area contributed by atoms with E-state index >= 15 is 0 Å². The van der Waals surface area contributed by atoms with E-state index in [-0.39, 0.29) is 5.15 Å². The highest BCUT2D eigenvalue weighted by molar-refractivity contribution is 6.32. The van der Waals surface area contributed by atoms with Gasteiger partial charge in [-0.1, -0.05) is 11.6 Å². The van der Waals surface area contributed by atoms with E-state index in [4.69, 9.17) is 20.8 Å². The number of aromatic nitrogens is 2. The molecule has 0 aliphatic carbocycles. The van der Waals surface area contributed by atoms with Crippen molar-refractivity contribution in [3.8, 4) is 0 Å². The molecule has 3 aromatic heterocycles. The average Bonchev–Trinajstić information content (AvgIpc) is 3.27. The number of esters is 1. The van der Waals surface area contributed by atoms with Crippen LogP contribution in [0.2, 0.25) is 5.15 Å². The van der Waals surface area contributed by atoms with Gasteiger partial charge in [-0.3, -0.25) is 4.79 Å². The number of nitrogens with zero attached hydrogens (tertiary/aromatic N) is 2. The van der Waals surface area contributed by atoms with Gasteiger partial charge in [0, 0.05) is 17.6 Å². The third-order valence-electron chi connectivity index (χ3n) is 4.36. The molecular weight excluding hydrogens is 382 g/mol. The first-order valence-electron chi connectivity index (χ1n) is 8.68. The zero-order valence-electron chi connectivity index (χ0n) is 15.7. The monoisotopic (exact) mass is 401 g/mol. The van der Waals surface area contributed by atoms with Crippen LogP contribution in [-0.4, -0.2) is 27.5 Å². The third-order valence-corrected chi connectivity index (χ3v) is 4.66. The Morgan fingerprint density at radius 1 is 1.32 bits per heavy atom. The van der Waals surface area contributed by atoms with Gasteiger partial charge in [0.15, 0.2) is 11.3 Å². The molecule has 0 unspecified atom stereocenters. The maximum atomic E-state index is 12.6. The summed E-state index contributed by atoms with van der Waals surface area (Å²) in [6, 6.07) is 8.68. The first kappa shape index (κ1) is 19.7. The highest BCUT2D eigenvalue weighted by Crippen LogP contribution is 2.20. The van der Waals surface area contributed by atoms with Gasteiger partial charge in [0.05, 0.1) is 24.1 Å². The maximum Gasteiger partial charge on any atom is 0.340 e. The second kappa shape index (κ2) is 8.31. The van der Waals surface area contributed by atoms with E-state index in [1.165, 1.54) is 13.1 Å². The van der Waals surface area contributed by atoms with Crippen molar-refractivity contribution in [3.05, 3.63) is 70.7 Å². The second-order valence-corrected chi connectivity index (χ2v) is 6.69. The van der Waals surface area contributed by atoms with Crippen molar-refractivity contribution >= 4 is 29.2 Å². The van der Waals surface area contributed by atoms with Crippen molar-refractivity contribution in [2.75, 3.05) is 5.32 Å². The fourth-order valence-corrected chi connectivity index (χ4v) is 2.97. The van der Waals surface area contributed by atoms with Crippen LogP contribution in [0.25, 0.3) is 0 Å². The number of hydrogen-bond acceptors (Lipinski definition) is 5. The number of carbonyl (C=O) groups excluding carboxylic acids is 2. The van der Waals surface area contributed by atoms with Crippen LogP contribution in [0.1, 0.15) is 34.4 Å². The summed E-state index contributed by atoms with van der Waals surface area (Å²) in [7, 11) is 0. The molecule has 0 fully saturated rings. The molecule has 0 aliphatic heterocycles. The van der Waals surface area contributed by atoms with Gasteiger partial charge in [-0.25, -0.2) is 9.78 Å². The van der Waals surface area contributed by atoms with Gasteiger partial charge in [-0.15, -0.1) is 0 Å². The minimum atomic E-state index is -1.00. The number of hydrogen-bond donors (Lipinski definition) is 1. The van der Waals surface area contributed by atoms with Gasteiger partial charge in [0.25, 0.3) is 5.91 Å². The van der Waals surface area contributed by atoms with E-state index in [0.717, 1.165) is 17.1 Å². The van der Waals surface area contributed by atoms with Crippen LogP contribution in [-0.2, 0) is 16.1 Å². The highest BCUT2D eigenvalue weighted by atomic mass is 35.5. The van der Waals surface area contributed by atoms with Crippen molar-refractivity contribution in [2.45, 2.75) is 33.4 Å². The van der Waals surface area contributed by atoms with Crippen LogP contribution in [0.4, 0.5) is 5.69 Å². The molecule has 3 heterocycles. The van der Waals surface area contributed by atoms with Gasteiger partial charge in [0.2, 0.25) is 0 Å². The number of ether oxygens (including phenoxy) is 1. The fraction of sp³-hybridized carbons (Fsp3) is 0.250. The minimum Gasteiger partial charge on any atom is -0.467 e. The molecule has 3 rings (SSSR count). The Hall–Kier alpha value is -3.06. The lowest BCUT2D eigenvalue weighted by Gasteiger charge is -2.14. The van der Waals surface area contributed by atoms with Gasteiger partial charge in [-0.2, -0.15) is 0 Å². The topological polar surface area (TPSA) is 86.4 Å². The molecule has 1 atom stereocenters. The molecule has 1 amide bonds. The SMILES string of the molecule is Cc1cc(C(=O)O[C@H](C)C(=O)Nc2cccnc2Cl)c(C)n1Cc1ccco1. The quantitative estimate of drug-likeness (QED) is 0.498. The molecule has 0 saturated carbocycles. The molecule has 28 heavy (non-hydrogen) atoms. The number of halogens is 1. The van der Waals surface area contributed by atoms with E-state index in [0.29, 0.717) is 17.8 Å². The minimum absolute atomic E-state index is 0.163. The molecule has 146 valence electrons. The van der Waals surface area contributed by atoms with Crippen molar-refractivity contribution in [1.29, 1.82) is 0 Å². The molecule has 0 radical (unpaired) electrons. The van der Waals surface area contributed by atoms with E-state index in [1.807, 2.05) is 30.5 Å². The molecular formula is C20H20ClN3O4. The van der Waals surface area contributed by atoms with E-state index in [1.54, 1.807) is 24.5 Å². The molecule has 0 bridgehead atoms. The summed E-state index contributed by atoms with van der Waals surface area (Å²) in [4.78, 5) is 28.8. The summed E-state index contributed by atoms with van der Waals surface area (Å²) >= 11 is 5.93. The van der Waals surface area contributed by atoms with Crippen molar-refractivity contribution in [2.24, 2.45) is 0 Å². The number of furan rings is 1. The van der Waals surface area contributed by atoms with Gasteiger partial charge in [0.1, 0.15) is 5.76 Å². The van der Waals surface area contributed by atoms with E-state index in [2.05, 4.69) is 10.3 Å². The van der Waals surface area contributed by atoms with Gasteiger partial charge < -0.3 is 19.0 Å². The average molecular weight is 402 g/mol. The van der Waals surface area contributed by atoms with E-state index in [9.17, 15) is 9.59 Å². The summed E-state index contributed by atoms with van der Waals surface area (Å²) < 4.78 is 12.7. The van der Waals surface area contributed by atoms with Crippen LogP contribution in [0, 0.1) is 13.8 Å². The third kappa shape index (κ3) is 4.26. The van der Waals surface area contributed by atoms with Crippen molar-refractivity contribution < 1.29 is 18.7 Å². The zero-order chi connectivity index (χ0) is 20.3. The largest absolute Gasteiger partial charge is 0.467 e. The van der Waals surface area contributed by atoms with Crippen LogP contribution >= 0.6 is 11.6 Å². The first-order chi connectivity index (χ1) is 13.4. The van der Waals surface area contributed by atoms with Crippen LogP contribution in [0.5, 0.6) is 0 Å². The Bertz CT molecular complexity index is 995. The van der Waals surface area contributed by atoms with Crippen LogP contribution in [0.15, 0.2) is 47.2 Å². The molecule has 0 saturated heterocycles. The lowest BCUT2D eigenvalue weighted by Crippen LogP contribution is -2.30. The lowest BCUT2D eigenvalue weighted by molar-refractivity contribution is -0.123. The molecule has 8 heteroatoms. The standard InChI is InChI=1S/C20H20ClN3O4/c1-12-10-16(13(2)24(12)11-15-6-5-9-27-15)20(26)28-14(3)19(25)23-17-7-4-8-22-18(17)21/h4-10,14H,11H2,1-3H3,(H,23,25)/t14-/m1/s1. The smallest absolute Gasteiger partial charge is 0.340 e. The Balaban J connectivity index is 1.69. The first-order valence-corrected chi connectivity index (χ1v) is 9.06. The summed E-state index contributed by atoms with van der Waals surface area (Å²) in [5, 5.41) is 2.76. The zero-order valence-corrected chi connectivity index (χ0v) is 16.5. The summed E-state index contributed by atoms with van der Waals surface area (Å²) in [5.41, 5.74) is 2.39. The number of amides is 1. The molecule has 0 aromatic carbocycles. The number of carbonyl (C=O) groups is 2. The fourth-order valence-electron chi connectivity index (χ4n) is 2.80. The highest BCUT2D eigenvalue weighted by Gasteiger charge is 2.23. The van der Waals surface area contributed by atoms with Gasteiger partial charge in [-0.05, 0) is 51.1 Å².